The Morgan fingerprint density at radius 1 is 1.30 bits per heavy atom. The molecule has 0 aromatic heterocycles. The number of aliphatic carboxylic acids is 1. The summed E-state index contributed by atoms with van der Waals surface area (Å²) in [5.74, 6) is -0.559. The standard InChI is InChI=1S/C14H20N2O4/c1-8(2)12(13(17)18)16-14(19)15-11-6-5-10(20-4)7-9(11)3/h5-8,12H,1-4H3,(H,17,18)(H2,15,16,19). The number of urea groups is 1. The molecule has 0 radical (unpaired) electrons. The van der Waals surface area contributed by atoms with Gasteiger partial charge < -0.3 is 20.5 Å². The van der Waals surface area contributed by atoms with Gasteiger partial charge in [-0.25, -0.2) is 9.59 Å². The molecule has 6 heteroatoms. The van der Waals surface area contributed by atoms with E-state index < -0.39 is 18.0 Å². The van der Waals surface area contributed by atoms with Crippen LogP contribution in [-0.2, 0) is 4.79 Å². The van der Waals surface area contributed by atoms with E-state index in [1.807, 2.05) is 6.92 Å². The van der Waals surface area contributed by atoms with Crippen molar-refractivity contribution in [3.8, 4) is 5.75 Å². The fraction of sp³-hybridized carbons (Fsp3) is 0.429. The molecular weight excluding hydrogens is 260 g/mol. The van der Waals surface area contributed by atoms with Crippen LogP contribution in [0.15, 0.2) is 18.2 Å². The van der Waals surface area contributed by atoms with Crippen LogP contribution in [0, 0.1) is 12.8 Å². The van der Waals surface area contributed by atoms with Crippen LogP contribution in [0.3, 0.4) is 0 Å². The number of ether oxygens (including phenoxy) is 1. The smallest absolute Gasteiger partial charge is 0.326 e. The van der Waals surface area contributed by atoms with Crippen LogP contribution in [0.2, 0.25) is 0 Å². The quantitative estimate of drug-likeness (QED) is 0.771. The van der Waals surface area contributed by atoms with Crippen LogP contribution in [0.5, 0.6) is 5.75 Å². The van der Waals surface area contributed by atoms with Crippen molar-refractivity contribution in [3.05, 3.63) is 23.8 Å². The highest BCUT2D eigenvalue weighted by Crippen LogP contribution is 2.20. The van der Waals surface area contributed by atoms with Gasteiger partial charge in [-0.05, 0) is 36.6 Å². The van der Waals surface area contributed by atoms with Crippen molar-refractivity contribution < 1.29 is 19.4 Å². The zero-order chi connectivity index (χ0) is 15.3. The fourth-order valence-electron chi connectivity index (χ4n) is 1.72. The third kappa shape index (κ3) is 4.15. The highest BCUT2D eigenvalue weighted by molar-refractivity contribution is 5.93. The zero-order valence-corrected chi connectivity index (χ0v) is 12.1. The highest BCUT2D eigenvalue weighted by atomic mass is 16.5. The second-order valence-electron chi connectivity index (χ2n) is 4.84. The van der Waals surface area contributed by atoms with Crippen molar-refractivity contribution in [2.75, 3.05) is 12.4 Å². The molecule has 110 valence electrons. The molecule has 20 heavy (non-hydrogen) atoms. The van der Waals surface area contributed by atoms with Crippen LogP contribution in [0.4, 0.5) is 10.5 Å². The Bertz CT molecular complexity index is 500. The molecule has 3 N–H and O–H groups in total. The normalized spacial score (nSPS) is 11.8. The number of carboxylic acids is 1. The first kappa shape index (κ1) is 15.8. The van der Waals surface area contributed by atoms with E-state index in [4.69, 9.17) is 9.84 Å². The Balaban J connectivity index is 2.73. The first-order valence-corrected chi connectivity index (χ1v) is 6.30. The van der Waals surface area contributed by atoms with E-state index in [0.717, 1.165) is 5.56 Å². The number of rotatable bonds is 5. The Hall–Kier alpha value is -2.24. The van der Waals surface area contributed by atoms with Gasteiger partial charge in [0.05, 0.1) is 7.11 Å². The number of benzene rings is 1. The zero-order valence-electron chi connectivity index (χ0n) is 12.1. The molecule has 0 bridgehead atoms. The number of carbonyl (C=O) groups is 2. The predicted octanol–water partition coefficient (Wildman–Crippen LogP) is 2.23. The largest absolute Gasteiger partial charge is 0.497 e. The average Bonchev–Trinajstić information content (AvgIpc) is 2.37. The summed E-state index contributed by atoms with van der Waals surface area (Å²) in [6, 6.07) is 3.75. The predicted molar refractivity (Wildman–Crippen MR) is 76.1 cm³/mol. The minimum Gasteiger partial charge on any atom is -0.497 e. The van der Waals surface area contributed by atoms with Gasteiger partial charge in [0.2, 0.25) is 0 Å². The van der Waals surface area contributed by atoms with Crippen LogP contribution < -0.4 is 15.4 Å². The van der Waals surface area contributed by atoms with E-state index in [1.54, 1.807) is 39.2 Å². The molecule has 0 heterocycles. The summed E-state index contributed by atoms with van der Waals surface area (Å²) in [6.45, 7) is 5.30. The lowest BCUT2D eigenvalue weighted by Gasteiger charge is -2.18. The Labute approximate surface area is 118 Å². The molecule has 0 fully saturated rings. The van der Waals surface area contributed by atoms with Gasteiger partial charge in [0.1, 0.15) is 11.8 Å². The first-order valence-electron chi connectivity index (χ1n) is 6.30. The van der Waals surface area contributed by atoms with Gasteiger partial charge in [-0.2, -0.15) is 0 Å². The van der Waals surface area contributed by atoms with E-state index in [0.29, 0.717) is 11.4 Å². The lowest BCUT2D eigenvalue weighted by atomic mass is 10.1. The Morgan fingerprint density at radius 3 is 2.40 bits per heavy atom. The van der Waals surface area contributed by atoms with Gasteiger partial charge in [0.15, 0.2) is 0 Å². The monoisotopic (exact) mass is 280 g/mol. The molecule has 1 unspecified atom stereocenters. The van der Waals surface area contributed by atoms with Gasteiger partial charge in [0.25, 0.3) is 0 Å². The van der Waals surface area contributed by atoms with Crippen molar-refractivity contribution in [2.24, 2.45) is 5.92 Å². The maximum absolute atomic E-state index is 11.8. The first-order chi connectivity index (χ1) is 9.35. The van der Waals surface area contributed by atoms with Crippen molar-refractivity contribution in [1.29, 1.82) is 0 Å². The minimum absolute atomic E-state index is 0.199. The molecule has 1 aromatic rings. The summed E-state index contributed by atoms with van der Waals surface area (Å²) in [7, 11) is 1.56. The van der Waals surface area contributed by atoms with Crippen molar-refractivity contribution >= 4 is 17.7 Å². The van der Waals surface area contributed by atoms with Gasteiger partial charge in [-0.1, -0.05) is 13.8 Å². The summed E-state index contributed by atoms with van der Waals surface area (Å²) < 4.78 is 5.08. The van der Waals surface area contributed by atoms with E-state index in [1.165, 1.54) is 0 Å². The van der Waals surface area contributed by atoms with Gasteiger partial charge in [0, 0.05) is 5.69 Å². The summed E-state index contributed by atoms with van der Waals surface area (Å²) in [5.41, 5.74) is 1.44. The van der Waals surface area contributed by atoms with Crippen LogP contribution >= 0.6 is 0 Å². The number of hydrogen-bond donors (Lipinski definition) is 3. The average molecular weight is 280 g/mol. The fourth-order valence-corrected chi connectivity index (χ4v) is 1.72. The SMILES string of the molecule is COc1ccc(NC(=O)NC(C(=O)O)C(C)C)c(C)c1. The lowest BCUT2D eigenvalue weighted by molar-refractivity contribution is -0.140. The molecule has 2 amide bonds. The van der Waals surface area contributed by atoms with Crippen molar-refractivity contribution in [2.45, 2.75) is 26.8 Å². The van der Waals surface area contributed by atoms with E-state index in [2.05, 4.69) is 10.6 Å². The third-order valence-corrected chi connectivity index (χ3v) is 2.90. The molecule has 1 atom stereocenters. The summed E-state index contributed by atoms with van der Waals surface area (Å²) in [6.07, 6.45) is 0. The summed E-state index contributed by atoms with van der Waals surface area (Å²) in [4.78, 5) is 22.8. The minimum atomic E-state index is -1.05. The molecule has 0 spiro atoms. The van der Waals surface area contributed by atoms with E-state index in [9.17, 15) is 9.59 Å². The Morgan fingerprint density at radius 2 is 1.95 bits per heavy atom. The number of aryl methyl sites for hydroxylation is 1. The van der Waals surface area contributed by atoms with E-state index in [-0.39, 0.29) is 5.92 Å². The molecule has 0 saturated carbocycles. The second kappa shape index (κ2) is 6.79. The number of carboxylic acid groups (broad SMARTS) is 1. The van der Waals surface area contributed by atoms with Crippen LogP contribution in [0.25, 0.3) is 0 Å². The van der Waals surface area contributed by atoms with Gasteiger partial charge in [-0.15, -0.1) is 0 Å². The molecule has 0 aliphatic heterocycles. The molecule has 0 aliphatic rings. The third-order valence-electron chi connectivity index (χ3n) is 2.90. The highest BCUT2D eigenvalue weighted by Gasteiger charge is 2.23. The van der Waals surface area contributed by atoms with Gasteiger partial charge >= 0.3 is 12.0 Å². The van der Waals surface area contributed by atoms with Gasteiger partial charge in [-0.3, -0.25) is 0 Å². The number of amides is 2. The van der Waals surface area contributed by atoms with Crippen LogP contribution in [-0.4, -0.2) is 30.3 Å². The molecule has 0 saturated heterocycles. The number of hydrogen-bond acceptors (Lipinski definition) is 3. The Kier molecular flexibility index (Phi) is 5.37. The number of carbonyl (C=O) groups excluding carboxylic acids is 1. The van der Waals surface area contributed by atoms with E-state index >= 15 is 0 Å². The summed E-state index contributed by atoms with van der Waals surface area (Å²) >= 11 is 0. The molecular formula is C14H20N2O4. The summed E-state index contributed by atoms with van der Waals surface area (Å²) in [5, 5.41) is 14.1. The maximum atomic E-state index is 11.8. The molecule has 1 aromatic carbocycles. The second-order valence-corrected chi connectivity index (χ2v) is 4.84. The number of anilines is 1. The molecule has 1 rings (SSSR count). The number of methoxy groups -OCH3 is 1. The maximum Gasteiger partial charge on any atom is 0.326 e. The van der Waals surface area contributed by atoms with Crippen LogP contribution in [0.1, 0.15) is 19.4 Å². The lowest BCUT2D eigenvalue weighted by Crippen LogP contribution is -2.46. The topological polar surface area (TPSA) is 87.7 Å². The van der Waals surface area contributed by atoms with Crippen molar-refractivity contribution in [1.82, 2.24) is 5.32 Å². The molecule has 6 nitrogen and oxygen atoms in total. The van der Waals surface area contributed by atoms with Crippen molar-refractivity contribution in [3.63, 3.8) is 0 Å². The number of nitrogens with one attached hydrogen (secondary N) is 2. The molecule has 0 aliphatic carbocycles.